The molecule has 2 aromatic carbocycles. The summed E-state index contributed by atoms with van der Waals surface area (Å²) in [6.45, 7) is 2.10. The monoisotopic (exact) mass is 308 g/mol. The lowest BCUT2D eigenvalue weighted by molar-refractivity contribution is -0.0313. The Morgan fingerprint density at radius 2 is 1.57 bits per heavy atom. The molecule has 2 aromatic rings. The highest BCUT2D eigenvalue weighted by molar-refractivity contribution is 5.66. The first-order valence-electron chi connectivity index (χ1n) is 8.28. The summed E-state index contributed by atoms with van der Waals surface area (Å²) in [5.41, 5.74) is 4.42. The van der Waals surface area contributed by atoms with Gasteiger partial charge in [-0.05, 0) is 54.4 Å². The molecule has 120 valence electrons. The Hall–Kier alpha value is -1.90. The minimum atomic E-state index is -0.470. The quantitative estimate of drug-likeness (QED) is 0.860. The van der Waals surface area contributed by atoms with Crippen LogP contribution in [-0.2, 0) is 0 Å². The van der Waals surface area contributed by atoms with Gasteiger partial charge >= 0.3 is 0 Å². The second-order valence-corrected chi connectivity index (χ2v) is 6.76. The average molecular weight is 308 g/mol. The van der Waals surface area contributed by atoms with Gasteiger partial charge in [0.25, 0.3) is 0 Å². The number of hydrogen-bond acceptors (Lipinski definition) is 2. The van der Waals surface area contributed by atoms with Gasteiger partial charge in [0.2, 0.25) is 0 Å². The van der Waals surface area contributed by atoms with Crippen molar-refractivity contribution in [2.75, 3.05) is 6.61 Å². The Morgan fingerprint density at radius 1 is 1.00 bits per heavy atom. The van der Waals surface area contributed by atoms with E-state index in [1.807, 2.05) is 19.1 Å². The van der Waals surface area contributed by atoms with Crippen LogP contribution >= 0.6 is 0 Å². The standard InChI is InChI=1S/C21H24O2/c1-21(23)14-20(15-21)19-11-9-18(10-12-19)17-7-5-16(6-8-17)4-2-3-13-22/h2,4-12,20,22-23H,3,13-15H2,1H3/b4-2+. The minimum absolute atomic E-state index is 0.192. The van der Waals surface area contributed by atoms with Crippen molar-refractivity contribution in [3.8, 4) is 11.1 Å². The fourth-order valence-corrected chi connectivity index (χ4v) is 3.27. The molecule has 1 saturated carbocycles. The van der Waals surface area contributed by atoms with Gasteiger partial charge < -0.3 is 10.2 Å². The summed E-state index contributed by atoms with van der Waals surface area (Å²) in [4.78, 5) is 0. The van der Waals surface area contributed by atoms with Crippen LogP contribution in [0.1, 0.15) is 43.2 Å². The topological polar surface area (TPSA) is 40.5 Å². The molecule has 1 fully saturated rings. The zero-order valence-electron chi connectivity index (χ0n) is 13.6. The van der Waals surface area contributed by atoms with Crippen molar-refractivity contribution in [1.82, 2.24) is 0 Å². The molecular formula is C21H24O2. The van der Waals surface area contributed by atoms with E-state index in [-0.39, 0.29) is 6.61 Å². The van der Waals surface area contributed by atoms with Gasteiger partial charge in [-0.15, -0.1) is 0 Å². The van der Waals surface area contributed by atoms with Gasteiger partial charge in [-0.25, -0.2) is 0 Å². The van der Waals surface area contributed by atoms with Gasteiger partial charge in [-0.1, -0.05) is 60.7 Å². The van der Waals surface area contributed by atoms with E-state index in [1.54, 1.807) is 0 Å². The highest BCUT2D eigenvalue weighted by atomic mass is 16.3. The molecule has 2 heteroatoms. The molecule has 0 aromatic heterocycles. The normalized spacial score (nSPS) is 23.9. The summed E-state index contributed by atoms with van der Waals surface area (Å²) in [5.74, 6) is 0.498. The maximum atomic E-state index is 9.86. The molecule has 23 heavy (non-hydrogen) atoms. The van der Waals surface area contributed by atoms with E-state index in [1.165, 1.54) is 16.7 Å². The summed E-state index contributed by atoms with van der Waals surface area (Å²) >= 11 is 0. The number of aliphatic hydroxyl groups excluding tert-OH is 1. The van der Waals surface area contributed by atoms with Gasteiger partial charge in [0, 0.05) is 6.61 Å². The molecule has 1 aliphatic carbocycles. The van der Waals surface area contributed by atoms with Crippen molar-refractivity contribution < 1.29 is 10.2 Å². The molecule has 0 atom stereocenters. The van der Waals surface area contributed by atoms with Crippen LogP contribution in [-0.4, -0.2) is 22.4 Å². The molecule has 0 saturated heterocycles. The maximum absolute atomic E-state index is 9.86. The van der Waals surface area contributed by atoms with E-state index in [2.05, 4.69) is 48.5 Å². The number of aliphatic hydroxyl groups is 2. The van der Waals surface area contributed by atoms with E-state index in [4.69, 9.17) is 5.11 Å². The van der Waals surface area contributed by atoms with Gasteiger partial charge in [0.1, 0.15) is 0 Å². The van der Waals surface area contributed by atoms with Crippen molar-refractivity contribution in [2.45, 2.75) is 37.7 Å². The molecule has 0 unspecified atom stereocenters. The second-order valence-electron chi connectivity index (χ2n) is 6.76. The Labute approximate surface area is 138 Å². The van der Waals surface area contributed by atoms with Crippen LogP contribution in [0.3, 0.4) is 0 Å². The third-order valence-corrected chi connectivity index (χ3v) is 4.60. The van der Waals surface area contributed by atoms with Crippen LogP contribution in [0.2, 0.25) is 0 Å². The fraction of sp³-hybridized carbons (Fsp3) is 0.333. The van der Waals surface area contributed by atoms with Crippen LogP contribution in [0.25, 0.3) is 17.2 Å². The molecule has 0 amide bonds. The molecular weight excluding hydrogens is 284 g/mol. The van der Waals surface area contributed by atoms with Crippen molar-refractivity contribution in [3.05, 3.63) is 65.7 Å². The van der Waals surface area contributed by atoms with Crippen LogP contribution < -0.4 is 0 Å². The number of hydrogen-bond donors (Lipinski definition) is 2. The van der Waals surface area contributed by atoms with Gasteiger partial charge in [0.05, 0.1) is 5.60 Å². The molecule has 0 aliphatic heterocycles. The largest absolute Gasteiger partial charge is 0.396 e. The third kappa shape index (κ3) is 3.90. The summed E-state index contributed by atoms with van der Waals surface area (Å²) in [6, 6.07) is 17.1. The van der Waals surface area contributed by atoms with Crippen LogP contribution in [0, 0.1) is 0 Å². The van der Waals surface area contributed by atoms with E-state index in [9.17, 15) is 5.11 Å². The first kappa shape index (κ1) is 16.0. The fourth-order valence-electron chi connectivity index (χ4n) is 3.27. The molecule has 2 nitrogen and oxygen atoms in total. The molecule has 0 spiro atoms. The highest BCUT2D eigenvalue weighted by Crippen LogP contribution is 2.44. The molecule has 3 rings (SSSR count). The van der Waals surface area contributed by atoms with E-state index in [0.717, 1.165) is 18.4 Å². The van der Waals surface area contributed by atoms with Crippen LogP contribution in [0.5, 0.6) is 0 Å². The molecule has 2 N–H and O–H groups in total. The van der Waals surface area contributed by atoms with E-state index >= 15 is 0 Å². The van der Waals surface area contributed by atoms with Gasteiger partial charge in [0.15, 0.2) is 0 Å². The molecule has 0 radical (unpaired) electrons. The van der Waals surface area contributed by atoms with Crippen molar-refractivity contribution >= 4 is 6.08 Å². The highest BCUT2D eigenvalue weighted by Gasteiger charge is 2.38. The lowest BCUT2D eigenvalue weighted by Crippen LogP contribution is -2.39. The van der Waals surface area contributed by atoms with Crippen molar-refractivity contribution in [2.24, 2.45) is 0 Å². The summed E-state index contributed by atoms with van der Waals surface area (Å²) in [6.07, 6.45) is 6.43. The van der Waals surface area contributed by atoms with Gasteiger partial charge in [-0.2, -0.15) is 0 Å². The Balaban J connectivity index is 1.67. The van der Waals surface area contributed by atoms with Crippen LogP contribution in [0.15, 0.2) is 54.6 Å². The number of benzene rings is 2. The Bertz CT molecular complexity index is 658. The minimum Gasteiger partial charge on any atom is -0.396 e. The molecule has 0 bridgehead atoms. The third-order valence-electron chi connectivity index (χ3n) is 4.60. The summed E-state index contributed by atoms with van der Waals surface area (Å²) in [7, 11) is 0. The Morgan fingerprint density at radius 3 is 2.09 bits per heavy atom. The summed E-state index contributed by atoms with van der Waals surface area (Å²) in [5, 5.41) is 18.6. The van der Waals surface area contributed by atoms with Crippen LogP contribution in [0.4, 0.5) is 0 Å². The van der Waals surface area contributed by atoms with E-state index < -0.39 is 5.60 Å². The second kappa shape index (κ2) is 6.69. The maximum Gasteiger partial charge on any atom is 0.0631 e. The first-order chi connectivity index (χ1) is 11.1. The molecule has 1 aliphatic rings. The predicted octanol–water partition coefficient (Wildman–Crippen LogP) is 4.38. The van der Waals surface area contributed by atoms with Crippen molar-refractivity contribution in [3.63, 3.8) is 0 Å². The SMILES string of the molecule is CC1(O)CC(c2ccc(-c3ccc(/C=C/CCO)cc3)cc2)C1. The Kier molecular flexibility index (Phi) is 4.65. The lowest BCUT2D eigenvalue weighted by atomic mass is 9.69. The first-order valence-corrected chi connectivity index (χ1v) is 8.28. The smallest absolute Gasteiger partial charge is 0.0631 e. The molecule has 0 heterocycles. The van der Waals surface area contributed by atoms with Crippen molar-refractivity contribution in [1.29, 1.82) is 0 Å². The predicted molar refractivity (Wildman–Crippen MR) is 95.2 cm³/mol. The summed E-state index contributed by atoms with van der Waals surface area (Å²) < 4.78 is 0. The average Bonchev–Trinajstić information content (AvgIpc) is 2.54. The zero-order valence-corrected chi connectivity index (χ0v) is 13.6. The zero-order chi connectivity index (χ0) is 16.3. The lowest BCUT2D eigenvalue weighted by Gasteiger charge is -2.41. The number of rotatable bonds is 5. The van der Waals surface area contributed by atoms with E-state index in [0.29, 0.717) is 12.3 Å². The van der Waals surface area contributed by atoms with Gasteiger partial charge in [-0.3, -0.25) is 0 Å².